The molecular formula is C20H19BrClFN2O3S. The second-order valence-corrected chi connectivity index (χ2v) is 10.6. The van der Waals surface area contributed by atoms with Gasteiger partial charge in [-0.25, -0.2) is 17.8 Å². The lowest BCUT2D eigenvalue weighted by Gasteiger charge is -2.17. The summed E-state index contributed by atoms with van der Waals surface area (Å²) in [4.78, 5) is 7.34. The molecule has 0 radical (unpaired) electrons. The summed E-state index contributed by atoms with van der Waals surface area (Å²) in [7, 11) is -3.70. The Morgan fingerprint density at radius 1 is 1.21 bits per heavy atom. The van der Waals surface area contributed by atoms with E-state index < -0.39 is 21.3 Å². The van der Waals surface area contributed by atoms with Crippen molar-refractivity contribution in [3.63, 3.8) is 0 Å². The van der Waals surface area contributed by atoms with E-state index in [1.165, 1.54) is 18.2 Å². The zero-order valence-electron chi connectivity index (χ0n) is 15.7. The van der Waals surface area contributed by atoms with Gasteiger partial charge < -0.3 is 10.1 Å². The van der Waals surface area contributed by atoms with E-state index in [9.17, 15) is 17.9 Å². The van der Waals surface area contributed by atoms with Crippen molar-refractivity contribution in [1.82, 2.24) is 9.97 Å². The van der Waals surface area contributed by atoms with Crippen molar-refractivity contribution < 1.29 is 17.9 Å². The van der Waals surface area contributed by atoms with E-state index in [0.29, 0.717) is 27.1 Å². The largest absolute Gasteiger partial charge is 0.390 e. The predicted molar refractivity (Wildman–Crippen MR) is 115 cm³/mol. The predicted octanol–water partition coefficient (Wildman–Crippen LogP) is 5.23. The Morgan fingerprint density at radius 3 is 2.55 bits per heavy atom. The van der Waals surface area contributed by atoms with E-state index in [1.54, 1.807) is 38.2 Å². The van der Waals surface area contributed by atoms with Gasteiger partial charge in [-0.2, -0.15) is 0 Å². The molecule has 0 amide bonds. The Hall–Kier alpha value is -1.74. The minimum atomic E-state index is -3.70. The molecular weight excluding hydrogens is 483 g/mol. The Kier molecular flexibility index (Phi) is 6.19. The number of rotatable bonds is 6. The molecule has 2 N–H and O–H groups in total. The Morgan fingerprint density at radius 2 is 1.90 bits per heavy atom. The van der Waals surface area contributed by atoms with E-state index in [-0.39, 0.29) is 22.1 Å². The van der Waals surface area contributed by atoms with Crippen LogP contribution in [-0.4, -0.2) is 34.8 Å². The first-order valence-corrected chi connectivity index (χ1v) is 11.5. The first kappa shape index (κ1) is 22.0. The zero-order valence-corrected chi connectivity index (χ0v) is 18.9. The number of sulfone groups is 1. The third-order valence-electron chi connectivity index (χ3n) is 4.33. The molecule has 0 aliphatic heterocycles. The Balaban J connectivity index is 1.94. The highest BCUT2D eigenvalue weighted by atomic mass is 79.9. The molecule has 0 bridgehead atoms. The van der Waals surface area contributed by atoms with Gasteiger partial charge in [0.1, 0.15) is 11.6 Å². The van der Waals surface area contributed by atoms with Crippen molar-refractivity contribution >= 4 is 37.4 Å². The summed E-state index contributed by atoms with van der Waals surface area (Å²) in [5, 5.41) is 9.94. The Bertz CT molecular complexity index is 1160. The maximum atomic E-state index is 13.8. The van der Waals surface area contributed by atoms with Gasteiger partial charge in [0.05, 0.1) is 37.6 Å². The van der Waals surface area contributed by atoms with Crippen molar-refractivity contribution in [2.24, 2.45) is 0 Å². The third kappa shape index (κ3) is 5.25. The molecule has 29 heavy (non-hydrogen) atoms. The quantitative estimate of drug-likeness (QED) is 0.484. The fraction of sp³-hybridized carbons (Fsp3) is 0.250. The summed E-state index contributed by atoms with van der Waals surface area (Å²) in [5.74, 6) is -0.203. The van der Waals surface area contributed by atoms with Crippen LogP contribution in [0.5, 0.6) is 0 Å². The van der Waals surface area contributed by atoms with Gasteiger partial charge in [-0.05, 0) is 66.5 Å². The van der Waals surface area contributed by atoms with Gasteiger partial charge in [-0.1, -0.05) is 17.7 Å². The molecule has 3 aromatic rings. The highest BCUT2D eigenvalue weighted by Crippen LogP contribution is 2.30. The lowest BCUT2D eigenvalue weighted by atomic mass is 10.1. The number of H-pyrrole nitrogens is 1. The van der Waals surface area contributed by atoms with Crippen molar-refractivity contribution in [2.45, 2.75) is 30.8 Å². The van der Waals surface area contributed by atoms with Crippen LogP contribution in [0.2, 0.25) is 5.02 Å². The molecule has 1 aromatic heterocycles. The van der Waals surface area contributed by atoms with E-state index in [4.69, 9.17) is 11.6 Å². The van der Waals surface area contributed by atoms with Crippen LogP contribution < -0.4 is 0 Å². The van der Waals surface area contributed by atoms with Crippen LogP contribution in [0.1, 0.15) is 20.3 Å². The number of nitrogens with zero attached hydrogens (tertiary/aromatic N) is 1. The van der Waals surface area contributed by atoms with Gasteiger partial charge in [0, 0.05) is 11.1 Å². The van der Waals surface area contributed by atoms with E-state index >= 15 is 0 Å². The second kappa shape index (κ2) is 8.18. The lowest BCUT2D eigenvalue weighted by Crippen LogP contribution is -2.23. The highest BCUT2D eigenvalue weighted by Gasteiger charge is 2.23. The van der Waals surface area contributed by atoms with Crippen LogP contribution in [0.25, 0.3) is 22.6 Å². The number of aliphatic hydroxyl groups is 1. The smallest absolute Gasteiger partial charge is 0.179 e. The van der Waals surface area contributed by atoms with Gasteiger partial charge in [0.15, 0.2) is 9.84 Å². The first-order chi connectivity index (χ1) is 13.5. The zero-order chi connectivity index (χ0) is 21.4. The molecule has 3 rings (SSSR count). The molecule has 0 spiro atoms. The molecule has 0 aliphatic carbocycles. The summed E-state index contributed by atoms with van der Waals surface area (Å²) in [6.07, 6.45) is 1.63. The minimum Gasteiger partial charge on any atom is -0.390 e. The summed E-state index contributed by atoms with van der Waals surface area (Å²) >= 11 is 9.25. The standard InChI is InChI=1S/C20H19BrClFN2O3S/c1-20(2,26)7-8-29(27,28)18-10-13(4-6-15(18)22)19-24-11-17(25-19)12-3-5-14(21)16(23)9-12/h3-6,9-11,26H,7-8H2,1-2H3,(H,24,25). The van der Waals surface area contributed by atoms with Crippen molar-refractivity contribution in [1.29, 1.82) is 0 Å². The number of aromatic amines is 1. The first-order valence-electron chi connectivity index (χ1n) is 8.72. The average molecular weight is 502 g/mol. The molecule has 9 heteroatoms. The monoisotopic (exact) mass is 500 g/mol. The second-order valence-electron chi connectivity index (χ2n) is 7.30. The molecule has 0 aliphatic rings. The number of nitrogens with one attached hydrogen (secondary N) is 1. The summed E-state index contributed by atoms with van der Waals surface area (Å²) in [5.41, 5.74) is 0.622. The minimum absolute atomic E-state index is 0.0199. The average Bonchev–Trinajstić information content (AvgIpc) is 3.12. The molecule has 0 saturated heterocycles. The van der Waals surface area contributed by atoms with Gasteiger partial charge in [-0.3, -0.25) is 0 Å². The maximum Gasteiger partial charge on any atom is 0.179 e. The Labute approximate surface area is 182 Å². The number of hydrogen-bond donors (Lipinski definition) is 2. The van der Waals surface area contributed by atoms with Crippen molar-refractivity contribution in [3.8, 4) is 22.6 Å². The van der Waals surface area contributed by atoms with Gasteiger partial charge in [0.25, 0.3) is 0 Å². The van der Waals surface area contributed by atoms with Crippen LogP contribution in [0, 0.1) is 5.82 Å². The molecule has 2 aromatic carbocycles. The molecule has 0 unspecified atom stereocenters. The fourth-order valence-corrected chi connectivity index (χ4v) is 5.04. The van der Waals surface area contributed by atoms with E-state index in [1.807, 2.05) is 0 Å². The summed E-state index contributed by atoms with van der Waals surface area (Å²) in [6, 6.07) is 9.31. The molecule has 0 fully saturated rings. The van der Waals surface area contributed by atoms with E-state index in [2.05, 4.69) is 25.9 Å². The van der Waals surface area contributed by atoms with Gasteiger partial charge in [-0.15, -0.1) is 0 Å². The van der Waals surface area contributed by atoms with E-state index in [0.717, 1.165) is 0 Å². The molecule has 0 atom stereocenters. The number of halogens is 3. The van der Waals surface area contributed by atoms with Gasteiger partial charge in [0.2, 0.25) is 0 Å². The van der Waals surface area contributed by atoms with Crippen LogP contribution in [-0.2, 0) is 9.84 Å². The molecule has 1 heterocycles. The molecule has 0 saturated carbocycles. The fourth-order valence-electron chi connectivity index (χ4n) is 2.66. The molecule has 154 valence electrons. The number of benzene rings is 2. The van der Waals surface area contributed by atoms with Crippen LogP contribution in [0.4, 0.5) is 4.39 Å². The topological polar surface area (TPSA) is 83.0 Å². The maximum absolute atomic E-state index is 13.8. The van der Waals surface area contributed by atoms with Crippen LogP contribution >= 0.6 is 27.5 Å². The van der Waals surface area contributed by atoms with Crippen LogP contribution in [0.3, 0.4) is 0 Å². The third-order valence-corrected chi connectivity index (χ3v) is 7.16. The number of imidazole rings is 1. The highest BCUT2D eigenvalue weighted by molar-refractivity contribution is 9.10. The summed E-state index contributed by atoms with van der Waals surface area (Å²) in [6.45, 7) is 3.10. The summed E-state index contributed by atoms with van der Waals surface area (Å²) < 4.78 is 39.6. The number of hydrogen-bond acceptors (Lipinski definition) is 4. The number of aromatic nitrogens is 2. The van der Waals surface area contributed by atoms with Gasteiger partial charge >= 0.3 is 0 Å². The lowest BCUT2D eigenvalue weighted by molar-refractivity contribution is 0.0772. The SMILES string of the molecule is CC(C)(O)CCS(=O)(=O)c1cc(-c2ncc(-c3ccc(Br)c(F)c3)[nH]2)ccc1Cl. The normalized spacial score (nSPS) is 12.3. The van der Waals surface area contributed by atoms with Crippen molar-refractivity contribution in [2.75, 3.05) is 5.75 Å². The van der Waals surface area contributed by atoms with Crippen LogP contribution in [0.15, 0.2) is 52.0 Å². The van der Waals surface area contributed by atoms with Crippen molar-refractivity contribution in [3.05, 3.63) is 57.9 Å². The molecule has 5 nitrogen and oxygen atoms in total.